The number of hydrogen-bond donors (Lipinski definition) is 0. The van der Waals surface area contributed by atoms with Crippen LogP contribution in [0, 0.1) is 0 Å². The smallest absolute Gasteiger partial charge is 0.340 e. The molecule has 7 heteroatoms. The summed E-state index contributed by atoms with van der Waals surface area (Å²) in [5, 5.41) is 0.523. The number of esters is 1. The molecule has 1 aromatic heterocycles. The first kappa shape index (κ1) is 18.6. The van der Waals surface area contributed by atoms with Crippen LogP contribution in [0.1, 0.15) is 34.3 Å². The van der Waals surface area contributed by atoms with Gasteiger partial charge in [-0.1, -0.05) is 18.2 Å². The second kappa shape index (κ2) is 6.98. The Hall–Kier alpha value is -2.80. The van der Waals surface area contributed by atoms with Crippen LogP contribution in [0.4, 0.5) is 0 Å². The topological polar surface area (TPSA) is 74.6 Å². The maximum atomic E-state index is 13.6. The van der Waals surface area contributed by atoms with Crippen molar-refractivity contribution in [3.8, 4) is 5.75 Å². The molecule has 0 fully saturated rings. The van der Waals surface area contributed by atoms with Crippen LogP contribution in [-0.2, 0) is 27.6 Å². The largest absolute Gasteiger partial charge is 0.495 e. The van der Waals surface area contributed by atoms with E-state index in [4.69, 9.17) is 9.47 Å². The molecule has 1 aliphatic rings. The van der Waals surface area contributed by atoms with E-state index in [9.17, 15) is 13.2 Å². The first-order valence-electron chi connectivity index (χ1n) is 9.11. The molecule has 4 rings (SSSR count). The number of rotatable bonds is 4. The Morgan fingerprint density at radius 1 is 1.04 bits per heavy atom. The van der Waals surface area contributed by atoms with Crippen molar-refractivity contribution in [3.63, 3.8) is 0 Å². The van der Waals surface area contributed by atoms with Crippen LogP contribution in [0.3, 0.4) is 0 Å². The van der Waals surface area contributed by atoms with Crippen molar-refractivity contribution in [1.82, 2.24) is 3.97 Å². The van der Waals surface area contributed by atoms with E-state index in [1.807, 2.05) is 6.07 Å². The van der Waals surface area contributed by atoms with Gasteiger partial charge in [0.25, 0.3) is 10.0 Å². The van der Waals surface area contributed by atoms with Crippen LogP contribution < -0.4 is 4.74 Å². The first-order valence-corrected chi connectivity index (χ1v) is 10.5. The molecule has 0 aliphatic heterocycles. The fraction of sp³-hybridized carbons (Fsp3) is 0.286. The third-order valence-electron chi connectivity index (χ3n) is 5.25. The van der Waals surface area contributed by atoms with Gasteiger partial charge in [-0.05, 0) is 55.0 Å². The average Bonchev–Trinajstić information content (AvgIpc) is 3.12. The zero-order chi connectivity index (χ0) is 19.9. The third-order valence-corrected chi connectivity index (χ3v) is 6.94. The van der Waals surface area contributed by atoms with Gasteiger partial charge in [0.15, 0.2) is 0 Å². The number of para-hydroxylation sites is 1. The van der Waals surface area contributed by atoms with Crippen LogP contribution in [0.2, 0.25) is 0 Å². The molecule has 1 aliphatic carbocycles. The van der Waals surface area contributed by atoms with E-state index in [-0.39, 0.29) is 10.5 Å². The Balaban J connectivity index is 1.96. The van der Waals surface area contributed by atoms with Crippen LogP contribution in [-0.4, -0.2) is 32.6 Å². The minimum absolute atomic E-state index is 0.104. The van der Waals surface area contributed by atoms with Gasteiger partial charge in [0, 0.05) is 11.6 Å². The number of aromatic nitrogens is 1. The molecule has 0 saturated heterocycles. The van der Waals surface area contributed by atoms with E-state index in [0.717, 1.165) is 40.8 Å². The maximum Gasteiger partial charge on any atom is 0.340 e. The molecule has 0 N–H and O–H groups in total. The molecule has 0 amide bonds. The summed E-state index contributed by atoms with van der Waals surface area (Å²) < 4.78 is 38.5. The summed E-state index contributed by atoms with van der Waals surface area (Å²) in [5.74, 6) is -0.263. The zero-order valence-electron chi connectivity index (χ0n) is 15.8. The second-order valence-corrected chi connectivity index (χ2v) is 8.61. The number of carbonyl (C=O) groups is 1. The van der Waals surface area contributed by atoms with Gasteiger partial charge in [-0.2, -0.15) is 0 Å². The van der Waals surface area contributed by atoms with Gasteiger partial charge >= 0.3 is 5.97 Å². The number of nitrogens with zero attached hydrogens (tertiary/aromatic N) is 1. The molecular formula is C21H21NO5S. The second-order valence-electron chi connectivity index (χ2n) is 6.83. The molecule has 2 aromatic carbocycles. The Bertz CT molecular complexity index is 1180. The standard InChI is InChI=1S/C21H21NO5S/c1-26-19-11-14-7-3-4-8-15(14)12-20(19)28(24,25)22-13-17(21(23)27-2)16-9-5-6-10-18(16)22/h5-6,9-13H,3-4,7-8H2,1-2H3. The van der Waals surface area contributed by atoms with Gasteiger partial charge in [0.2, 0.25) is 0 Å². The van der Waals surface area contributed by atoms with E-state index >= 15 is 0 Å². The highest BCUT2D eigenvalue weighted by Crippen LogP contribution is 2.35. The molecule has 0 bridgehead atoms. The van der Waals surface area contributed by atoms with Crippen molar-refractivity contribution in [2.75, 3.05) is 14.2 Å². The Morgan fingerprint density at radius 3 is 2.39 bits per heavy atom. The van der Waals surface area contributed by atoms with E-state index in [2.05, 4.69) is 0 Å². The molecule has 0 radical (unpaired) electrons. The number of aryl methyl sites for hydroxylation is 2. The lowest BCUT2D eigenvalue weighted by atomic mass is 9.92. The number of fused-ring (bicyclic) bond motifs is 2. The van der Waals surface area contributed by atoms with Crippen molar-refractivity contribution in [1.29, 1.82) is 0 Å². The van der Waals surface area contributed by atoms with Gasteiger partial charge in [-0.3, -0.25) is 0 Å². The van der Waals surface area contributed by atoms with Crippen molar-refractivity contribution in [2.24, 2.45) is 0 Å². The van der Waals surface area contributed by atoms with Gasteiger partial charge in [0.05, 0.1) is 25.3 Å². The Labute approximate surface area is 163 Å². The van der Waals surface area contributed by atoms with E-state index in [1.165, 1.54) is 20.4 Å². The van der Waals surface area contributed by atoms with Crippen molar-refractivity contribution in [3.05, 3.63) is 59.3 Å². The highest BCUT2D eigenvalue weighted by molar-refractivity contribution is 7.90. The van der Waals surface area contributed by atoms with Crippen LogP contribution >= 0.6 is 0 Å². The number of benzene rings is 2. The average molecular weight is 399 g/mol. The predicted octanol–water partition coefficient (Wildman–Crippen LogP) is 3.55. The maximum absolute atomic E-state index is 13.6. The molecule has 0 unspecified atom stereocenters. The van der Waals surface area contributed by atoms with Gasteiger partial charge < -0.3 is 9.47 Å². The Morgan fingerprint density at radius 2 is 1.71 bits per heavy atom. The number of carbonyl (C=O) groups excluding carboxylic acids is 1. The molecule has 0 atom stereocenters. The summed E-state index contributed by atoms with van der Waals surface area (Å²) in [5.41, 5.74) is 2.80. The minimum Gasteiger partial charge on any atom is -0.495 e. The molecule has 6 nitrogen and oxygen atoms in total. The highest BCUT2D eigenvalue weighted by Gasteiger charge is 2.28. The summed E-state index contributed by atoms with van der Waals surface area (Å²) in [6.45, 7) is 0. The lowest BCUT2D eigenvalue weighted by Gasteiger charge is -2.19. The molecule has 1 heterocycles. The summed E-state index contributed by atoms with van der Waals surface area (Å²) >= 11 is 0. The fourth-order valence-electron chi connectivity index (χ4n) is 3.83. The van der Waals surface area contributed by atoms with Crippen molar-refractivity contribution >= 4 is 26.9 Å². The first-order chi connectivity index (χ1) is 13.5. The molecular weight excluding hydrogens is 378 g/mol. The van der Waals surface area contributed by atoms with Crippen molar-refractivity contribution < 1.29 is 22.7 Å². The molecule has 28 heavy (non-hydrogen) atoms. The minimum atomic E-state index is -3.98. The summed E-state index contributed by atoms with van der Waals surface area (Å²) in [6, 6.07) is 10.4. The third kappa shape index (κ3) is 2.86. The predicted molar refractivity (Wildman–Crippen MR) is 105 cm³/mol. The SMILES string of the molecule is COC(=O)c1cn(S(=O)(=O)c2cc3c(cc2OC)CCCC3)c2ccccc12. The van der Waals surface area contributed by atoms with E-state index < -0.39 is 16.0 Å². The molecule has 146 valence electrons. The van der Waals surface area contributed by atoms with Crippen molar-refractivity contribution in [2.45, 2.75) is 30.6 Å². The molecule has 3 aromatic rings. The Kier molecular flexibility index (Phi) is 4.63. The van der Waals surface area contributed by atoms with Crippen LogP contribution in [0.15, 0.2) is 47.5 Å². The van der Waals surface area contributed by atoms with Gasteiger partial charge in [-0.25, -0.2) is 17.2 Å². The van der Waals surface area contributed by atoms with Gasteiger partial charge in [0.1, 0.15) is 10.6 Å². The number of hydrogen-bond acceptors (Lipinski definition) is 5. The quantitative estimate of drug-likeness (QED) is 0.627. The summed E-state index contributed by atoms with van der Waals surface area (Å²) in [7, 11) is -1.24. The molecule has 0 saturated carbocycles. The van der Waals surface area contributed by atoms with E-state index in [1.54, 1.807) is 30.3 Å². The molecule has 0 spiro atoms. The number of ether oxygens (including phenoxy) is 2. The van der Waals surface area contributed by atoms with Crippen LogP contribution in [0.5, 0.6) is 5.75 Å². The fourth-order valence-corrected chi connectivity index (χ4v) is 5.39. The lowest BCUT2D eigenvalue weighted by molar-refractivity contribution is 0.0603. The normalized spacial score (nSPS) is 13.9. The van der Waals surface area contributed by atoms with Gasteiger partial charge in [-0.15, -0.1) is 0 Å². The highest BCUT2D eigenvalue weighted by atomic mass is 32.2. The zero-order valence-corrected chi connectivity index (χ0v) is 16.6. The number of methoxy groups -OCH3 is 2. The summed E-state index contributed by atoms with van der Waals surface area (Å²) in [4.78, 5) is 12.3. The monoisotopic (exact) mass is 399 g/mol. The van der Waals surface area contributed by atoms with E-state index in [0.29, 0.717) is 16.7 Å². The summed E-state index contributed by atoms with van der Waals surface area (Å²) in [6.07, 6.45) is 5.22. The lowest BCUT2D eigenvalue weighted by Crippen LogP contribution is -2.15. The van der Waals surface area contributed by atoms with Crippen LogP contribution in [0.25, 0.3) is 10.9 Å².